The number of nitrogens with zero attached hydrogens (tertiary/aromatic N) is 2. The molecule has 1 rings (SSSR count). The van der Waals surface area contributed by atoms with Crippen molar-refractivity contribution in [3.05, 3.63) is 16.4 Å². The van der Waals surface area contributed by atoms with Crippen molar-refractivity contribution >= 4 is 11.6 Å². The highest BCUT2D eigenvalue weighted by Gasteiger charge is 2.13. The number of halogens is 1. The summed E-state index contributed by atoms with van der Waals surface area (Å²) < 4.78 is 2.05. The number of rotatable bonds is 7. The van der Waals surface area contributed by atoms with Crippen LogP contribution in [0, 0.1) is 13.8 Å². The monoisotopic (exact) mass is 257 g/mol. The molecule has 0 bridgehead atoms. The van der Waals surface area contributed by atoms with Gasteiger partial charge in [-0.3, -0.25) is 4.68 Å². The summed E-state index contributed by atoms with van der Waals surface area (Å²) in [5, 5.41) is 8.71. The van der Waals surface area contributed by atoms with Gasteiger partial charge in [0, 0.05) is 6.04 Å². The summed E-state index contributed by atoms with van der Waals surface area (Å²) >= 11 is 6.15. The number of nitrogens with one attached hydrogen (secondary N) is 1. The molecule has 1 aromatic rings. The van der Waals surface area contributed by atoms with E-state index in [0.29, 0.717) is 6.04 Å². The van der Waals surface area contributed by atoms with E-state index in [0.717, 1.165) is 35.9 Å². The van der Waals surface area contributed by atoms with Gasteiger partial charge in [0.1, 0.15) is 0 Å². The number of hydrogen-bond donors (Lipinski definition) is 1. The molecular formula is C13H24ClN3. The first-order chi connectivity index (χ1) is 8.07. The SMILES string of the molecule is CCCNCCCC(C)n1nc(C)c(Cl)c1C. The van der Waals surface area contributed by atoms with Gasteiger partial charge >= 0.3 is 0 Å². The lowest BCUT2D eigenvalue weighted by Gasteiger charge is -2.14. The Hall–Kier alpha value is -0.540. The maximum absolute atomic E-state index is 6.15. The predicted octanol–water partition coefficient (Wildman–Crippen LogP) is 3.49. The van der Waals surface area contributed by atoms with Crippen molar-refractivity contribution in [3.63, 3.8) is 0 Å². The van der Waals surface area contributed by atoms with Gasteiger partial charge in [0.25, 0.3) is 0 Å². The Labute approximate surface area is 110 Å². The Morgan fingerprint density at radius 2 is 2.06 bits per heavy atom. The summed E-state index contributed by atoms with van der Waals surface area (Å²) in [6, 6.07) is 0.421. The zero-order chi connectivity index (χ0) is 12.8. The van der Waals surface area contributed by atoms with Crippen LogP contribution in [0.1, 0.15) is 50.5 Å². The van der Waals surface area contributed by atoms with Crippen LogP contribution in [0.15, 0.2) is 0 Å². The predicted molar refractivity (Wildman–Crippen MR) is 73.8 cm³/mol. The van der Waals surface area contributed by atoms with Crippen LogP contribution in [0.25, 0.3) is 0 Å². The second-order valence-electron chi connectivity index (χ2n) is 4.67. The highest BCUT2D eigenvalue weighted by molar-refractivity contribution is 6.31. The molecular weight excluding hydrogens is 234 g/mol. The van der Waals surface area contributed by atoms with Gasteiger partial charge in [-0.15, -0.1) is 0 Å². The molecule has 0 spiro atoms. The van der Waals surface area contributed by atoms with Gasteiger partial charge in [-0.2, -0.15) is 5.10 Å². The normalized spacial score (nSPS) is 13.0. The van der Waals surface area contributed by atoms with Crippen molar-refractivity contribution in [2.45, 2.75) is 53.0 Å². The lowest BCUT2D eigenvalue weighted by Crippen LogP contribution is -2.17. The van der Waals surface area contributed by atoms with Crippen LogP contribution in [-0.2, 0) is 0 Å². The Morgan fingerprint density at radius 1 is 1.35 bits per heavy atom. The summed E-state index contributed by atoms with van der Waals surface area (Å²) in [4.78, 5) is 0. The topological polar surface area (TPSA) is 29.9 Å². The van der Waals surface area contributed by atoms with Gasteiger partial charge in [0.05, 0.1) is 16.4 Å². The smallest absolute Gasteiger partial charge is 0.0844 e. The molecule has 0 saturated heterocycles. The van der Waals surface area contributed by atoms with Crippen molar-refractivity contribution in [2.75, 3.05) is 13.1 Å². The molecule has 98 valence electrons. The molecule has 1 aromatic heterocycles. The molecule has 1 atom stereocenters. The van der Waals surface area contributed by atoms with E-state index in [2.05, 4.69) is 28.9 Å². The standard InChI is InChI=1S/C13H24ClN3/c1-5-8-15-9-6-7-10(2)17-12(4)13(14)11(3)16-17/h10,15H,5-9H2,1-4H3. The first-order valence-corrected chi connectivity index (χ1v) is 6.87. The maximum atomic E-state index is 6.15. The molecule has 0 aliphatic carbocycles. The summed E-state index contributed by atoms with van der Waals surface area (Å²) in [6.45, 7) is 10.6. The third-order valence-electron chi connectivity index (χ3n) is 3.06. The van der Waals surface area contributed by atoms with Gasteiger partial charge in [-0.1, -0.05) is 18.5 Å². The second kappa shape index (κ2) is 7.02. The zero-order valence-electron chi connectivity index (χ0n) is 11.4. The van der Waals surface area contributed by atoms with E-state index in [-0.39, 0.29) is 0 Å². The van der Waals surface area contributed by atoms with Crippen LogP contribution < -0.4 is 5.32 Å². The van der Waals surface area contributed by atoms with Crippen LogP contribution in [0.4, 0.5) is 0 Å². The van der Waals surface area contributed by atoms with Crippen LogP contribution in [0.3, 0.4) is 0 Å². The quantitative estimate of drug-likeness (QED) is 0.758. The van der Waals surface area contributed by atoms with Crippen molar-refractivity contribution in [3.8, 4) is 0 Å². The summed E-state index contributed by atoms with van der Waals surface area (Å²) in [5.41, 5.74) is 2.01. The lowest BCUT2D eigenvalue weighted by molar-refractivity contribution is 0.429. The summed E-state index contributed by atoms with van der Waals surface area (Å²) in [5.74, 6) is 0. The van der Waals surface area contributed by atoms with E-state index in [4.69, 9.17) is 11.6 Å². The van der Waals surface area contributed by atoms with Gasteiger partial charge < -0.3 is 5.32 Å². The lowest BCUT2D eigenvalue weighted by atomic mass is 10.2. The first kappa shape index (κ1) is 14.5. The molecule has 0 saturated carbocycles. The molecule has 17 heavy (non-hydrogen) atoms. The van der Waals surface area contributed by atoms with Gasteiger partial charge in [-0.25, -0.2) is 0 Å². The minimum atomic E-state index is 0.421. The summed E-state index contributed by atoms with van der Waals surface area (Å²) in [6.07, 6.45) is 3.51. The molecule has 1 unspecified atom stereocenters. The van der Waals surface area contributed by atoms with E-state index in [1.807, 2.05) is 13.8 Å². The average Bonchev–Trinajstić information content (AvgIpc) is 2.56. The van der Waals surface area contributed by atoms with Gasteiger partial charge in [-0.05, 0) is 53.1 Å². The van der Waals surface area contributed by atoms with Crippen molar-refractivity contribution in [1.82, 2.24) is 15.1 Å². The van der Waals surface area contributed by atoms with Crippen molar-refractivity contribution in [1.29, 1.82) is 0 Å². The third-order valence-corrected chi connectivity index (χ3v) is 3.60. The van der Waals surface area contributed by atoms with Crippen LogP contribution in [0.2, 0.25) is 5.02 Å². The van der Waals surface area contributed by atoms with Crippen molar-refractivity contribution in [2.24, 2.45) is 0 Å². The molecule has 0 fully saturated rings. The molecule has 0 aromatic carbocycles. The number of hydrogen-bond acceptors (Lipinski definition) is 2. The van der Waals surface area contributed by atoms with Gasteiger partial charge in [0.15, 0.2) is 0 Å². The van der Waals surface area contributed by atoms with Crippen molar-refractivity contribution < 1.29 is 0 Å². The summed E-state index contributed by atoms with van der Waals surface area (Å²) in [7, 11) is 0. The number of aromatic nitrogens is 2. The zero-order valence-corrected chi connectivity index (χ0v) is 12.1. The minimum Gasteiger partial charge on any atom is -0.317 e. The Bertz CT molecular complexity index is 347. The average molecular weight is 258 g/mol. The Kier molecular flexibility index (Phi) is 6.00. The highest BCUT2D eigenvalue weighted by atomic mass is 35.5. The number of aryl methyl sites for hydroxylation is 1. The highest BCUT2D eigenvalue weighted by Crippen LogP contribution is 2.23. The van der Waals surface area contributed by atoms with Crippen LogP contribution >= 0.6 is 11.6 Å². The molecule has 4 heteroatoms. The maximum Gasteiger partial charge on any atom is 0.0844 e. The van der Waals surface area contributed by atoms with Crippen LogP contribution in [0.5, 0.6) is 0 Å². The molecule has 0 aliphatic rings. The molecule has 0 aliphatic heterocycles. The second-order valence-corrected chi connectivity index (χ2v) is 5.05. The first-order valence-electron chi connectivity index (χ1n) is 6.49. The minimum absolute atomic E-state index is 0.421. The molecule has 1 heterocycles. The van der Waals surface area contributed by atoms with Gasteiger partial charge in [0.2, 0.25) is 0 Å². The van der Waals surface area contributed by atoms with E-state index in [1.54, 1.807) is 0 Å². The fourth-order valence-corrected chi connectivity index (χ4v) is 2.14. The molecule has 0 radical (unpaired) electrons. The molecule has 0 amide bonds. The van der Waals surface area contributed by atoms with E-state index < -0.39 is 0 Å². The van der Waals surface area contributed by atoms with E-state index in [9.17, 15) is 0 Å². The third kappa shape index (κ3) is 4.00. The fourth-order valence-electron chi connectivity index (χ4n) is 2.02. The van der Waals surface area contributed by atoms with E-state index >= 15 is 0 Å². The largest absolute Gasteiger partial charge is 0.317 e. The Balaban J connectivity index is 2.41. The van der Waals surface area contributed by atoms with E-state index in [1.165, 1.54) is 12.8 Å². The molecule has 1 N–H and O–H groups in total. The van der Waals surface area contributed by atoms with Crippen LogP contribution in [-0.4, -0.2) is 22.9 Å². The molecule has 3 nitrogen and oxygen atoms in total. The Morgan fingerprint density at radius 3 is 2.59 bits per heavy atom. The fraction of sp³-hybridized carbons (Fsp3) is 0.769.